The van der Waals surface area contributed by atoms with Crippen molar-refractivity contribution in [1.29, 1.82) is 0 Å². The molecule has 26 heavy (non-hydrogen) atoms. The molecular weight excluding hydrogens is 402 g/mol. The van der Waals surface area contributed by atoms with Gasteiger partial charge >= 0.3 is 24.4 Å². The van der Waals surface area contributed by atoms with E-state index in [-0.39, 0.29) is 17.1 Å². The van der Waals surface area contributed by atoms with Gasteiger partial charge in [-0.05, 0) is 0 Å². The van der Waals surface area contributed by atoms with E-state index in [9.17, 15) is 22.0 Å². The average Bonchev–Trinajstić information content (AvgIpc) is 3.32. The Hall–Kier alpha value is -2.13. The summed E-state index contributed by atoms with van der Waals surface area (Å²) in [4.78, 5) is 0. The average molecular weight is 414 g/mol. The molecule has 0 bridgehead atoms. The fourth-order valence-electron chi connectivity index (χ4n) is 1.44. The minimum absolute atomic E-state index is 0. The predicted octanol–water partition coefficient (Wildman–Crippen LogP) is 3.54. The van der Waals surface area contributed by atoms with Crippen LogP contribution in [-0.2, 0) is 17.1 Å². The van der Waals surface area contributed by atoms with Crippen molar-refractivity contribution in [2.45, 2.75) is 0 Å². The van der Waals surface area contributed by atoms with Crippen molar-refractivity contribution in [2.24, 2.45) is 0 Å². The monoisotopic (exact) mass is 414 g/mol. The maximum absolute atomic E-state index is 12.7. The molecule has 0 amide bonds. The Morgan fingerprint density at radius 2 is 0.962 bits per heavy atom. The van der Waals surface area contributed by atoms with Crippen LogP contribution in [0.3, 0.4) is 0 Å². The van der Waals surface area contributed by atoms with Crippen LogP contribution in [0.2, 0.25) is 0 Å². The molecule has 0 unspecified atom stereocenters. The summed E-state index contributed by atoms with van der Waals surface area (Å²) in [7, 11) is -2.70. The summed E-state index contributed by atoms with van der Waals surface area (Å²) in [5.41, 5.74) is 0. The van der Waals surface area contributed by atoms with Gasteiger partial charge in [0.2, 0.25) is 29.1 Å². The maximum Gasteiger partial charge on any atom is 2.00 e. The summed E-state index contributed by atoms with van der Waals surface area (Å²) in [5, 5.41) is 16.3. The first kappa shape index (κ1) is 23.9. The van der Waals surface area contributed by atoms with Crippen LogP contribution < -0.4 is 4.65 Å². The van der Waals surface area contributed by atoms with Crippen molar-refractivity contribution in [1.82, 2.24) is 0 Å². The molecule has 3 nitrogen and oxygen atoms in total. The zero-order chi connectivity index (χ0) is 18.8. The van der Waals surface area contributed by atoms with Gasteiger partial charge in [0, 0.05) is 0 Å². The van der Waals surface area contributed by atoms with Crippen molar-refractivity contribution >= 4 is 7.32 Å². The van der Waals surface area contributed by atoms with Gasteiger partial charge in [0.25, 0.3) is 0 Å². The van der Waals surface area contributed by atoms with Gasteiger partial charge in [0.1, 0.15) is 0 Å². The van der Waals surface area contributed by atoms with Gasteiger partial charge in [0.05, 0.1) is 0 Å². The Kier molecular flexibility index (Phi) is 11.3. The molecule has 140 valence electrons. The molecule has 0 fully saturated rings. The van der Waals surface area contributed by atoms with Gasteiger partial charge in [-0.15, -0.1) is 0 Å². The van der Waals surface area contributed by atoms with E-state index in [1.165, 1.54) is 0 Å². The third-order valence-corrected chi connectivity index (χ3v) is 2.50. The van der Waals surface area contributed by atoms with E-state index in [0.717, 1.165) is 0 Å². The van der Waals surface area contributed by atoms with Gasteiger partial charge in [0.15, 0.2) is 5.75 Å². The third-order valence-electron chi connectivity index (χ3n) is 2.50. The predicted molar refractivity (Wildman–Crippen MR) is 81.1 cm³/mol. The molecule has 0 aromatic heterocycles. The van der Waals surface area contributed by atoms with E-state index in [0.29, 0.717) is 0 Å². The molecule has 0 saturated heterocycles. The maximum atomic E-state index is 12.7. The standard InChI is InChI=1S/C6H2BF5O3.2C5H5.Fe/c8-1-2(9)4(11)6(15-7(13)14)5(12)3(1)10;2*1-2-4-5-3-1;/h13-14H;2*1-5H;/q;2*-1;+2. The Morgan fingerprint density at radius 3 is 1.19 bits per heavy atom. The number of rotatable bonds is 2. The summed E-state index contributed by atoms with van der Waals surface area (Å²) < 4.78 is 66.3. The number of hydrogen-bond acceptors (Lipinski definition) is 3. The second-order valence-corrected chi connectivity index (χ2v) is 4.27. The minimum atomic E-state index is -2.70. The molecule has 3 aromatic carbocycles. The number of benzene rings is 1. The van der Waals surface area contributed by atoms with E-state index in [1.807, 2.05) is 60.7 Å². The fraction of sp³-hybridized carbons (Fsp3) is 0. The van der Waals surface area contributed by atoms with Gasteiger partial charge in [-0.2, -0.15) is 45.2 Å². The van der Waals surface area contributed by atoms with Crippen LogP contribution >= 0.6 is 0 Å². The van der Waals surface area contributed by atoms with E-state index >= 15 is 0 Å². The van der Waals surface area contributed by atoms with E-state index in [1.54, 1.807) is 0 Å². The van der Waals surface area contributed by atoms with Crippen molar-refractivity contribution in [3.63, 3.8) is 0 Å². The smallest absolute Gasteiger partial charge is 0.507 e. The van der Waals surface area contributed by atoms with Crippen molar-refractivity contribution in [3.05, 3.63) is 89.7 Å². The van der Waals surface area contributed by atoms with Crippen LogP contribution in [0.25, 0.3) is 0 Å². The van der Waals surface area contributed by atoms with Crippen molar-refractivity contribution in [2.75, 3.05) is 0 Å². The summed E-state index contributed by atoms with van der Waals surface area (Å²) in [6.07, 6.45) is 0. The molecule has 3 aromatic rings. The molecular formula is C16H12BF5FeO3. The fourth-order valence-corrected chi connectivity index (χ4v) is 1.44. The number of hydrogen-bond donors (Lipinski definition) is 2. The topological polar surface area (TPSA) is 49.7 Å². The Bertz CT molecular complexity index is 647. The van der Waals surface area contributed by atoms with E-state index in [2.05, 4.69) is 4.65 Å². The zero-order valence-electron chi connectivity index (χ0n) is 12.9. The Labute approximate surface area is 157 Å². The summed E-state index contributed by atoms with van der Waals surface area (Å²) >= 11 is 0. The number of halogens is 5. The molecule has 10 heteroatoms. The van der Waals surface area contributed by atoms with Gasteiger partial charge in [-0.3, -0.25) is 0 Å². The van der Waals surface area contributed by atoms with Gasteiger partial charge in [-0.25, -0.2) is 37.4 Å². The molecule has 0 aliphatic rings. The largest absolute Gasteiger partial charge is 2.00 e. The first-order valence-corrected chi connectivity index (χ1v) is 6.73. The minimum Gasteiger partial charge on any atom is -0.507 e. The molecule has 3 rings (SSSR count). The van der Waals surface area contributed by atoms with Crippen LogP contribution in [0.4, 0.5) is 22.0 Å². The SMILES string of the molecule is OB(O)Oc1c(F)c(F)c(F)c(F)c1F.[Fe+2].c1cc[cH-]c1.c1cc[cH-]c1. The van der Waals surface area contributed by atoms with Crippen LogP contribution in [0.1, 0.15) is 0 Å². The first-order chi connectivity index (χ1) is 11.9. The molecule has 0 atom stereocenters. The van der Waals surface area contributed by atoms with Crippen molar-refractivity contribution in [3.8, 4) is 5.75 Å². The van der Waals surface area contributed by atoms with Gasteiger partial charge < -0.3 is 14.7 Å². The molecule has 2 N–H and O–H groups in total. The van der Waals surface area contributed by atoms with E-state index < -0.39 is 42.2 Å². The molecule has 0 heterocycles. The van der Waals surface area contributed by atoms with Crippen LogP contribution in [-0.4, -0.2) is 17.4 Å². The van der Waals surface area contributed by atoms with E-state index in [4.69, 9.17) is 10.0 Å². The van der Waals surface area contributed by atoms with Crippen LogP contribution in [0.15, 0.2) is 60.7 Å². The summed E-state index contributed by atoms with van der Waals surface area (Å²) in [5.74, 6) is -13.1. The molecule has 0 aliphatic heterocycles. The van der Waals surface area contributed by atoms with Crippen LogP contribution in [0.5, 0.6) is 5.75 Å². The van der Waals surface area contributed by atoms with Crippen molar-refractivity contribution < 1.29 is 53.7 Å². The molecule has 0 aliphatic carbocycles. The normalized spacial score (nSPS) is 9.04. The molecule has 0 saturated carbocycles. The second kappa shape index (κ2) is 12.3. The summed E-state index contributed by atoms with van der Waals surface area (Å²) in [6, 6.07) is 20.0. The quantitative estimate of drug-likeness (QED) is 0.222. The molecule has 0 radical (unpaired) electrons. The Morgan fingerprint density at radius 1 is 0.654 bits per heavy atom. The Balaban J connectivity index is 0.000000460. The zero-order valence-corrected chi connectivity index (χ0v) is 14.0. The first-order valence-electron chi connectivity index (χ1n) is 6.73. The molecule has 0 spiro atoms. The summed E-state index contributed by atoms with van der Waals surface area (Å²) in [6.45, 7) is 0. The third kappa shape index (κ3) is 7.41. The second-order valence-electron chi connectivity index (χ2n) is 4.27. The van der Waals surface area contributed by atoms with Crippen LogP contribution in [0, 0.1) is 29.1 Å². The van der Waals surface area contributed by atoms with Gasteiger partial charge in [-0.1, -0.05) is 0 Å².